The Labute approximate surface area is 119 Å². The zero-order chi connectivity index (χ0) is 14.7. The standard InChI is InChI=1S/C16H32N2O/c1-7-9-10-11-15(4,5)12-18-13(3)17-16(6,8-2)14(18)19/h13,17H,7-12H2,1-6H3. The first kappa shape index (κ1) is 16.5. The van der Waals surface area contributed by atoms with Crippen LogP contribution in [0.3, 0.4) is 0 Å². The maximum atomic E-state index is 12.5. The minimum Gasteiger partial charge on any atom is -0.325 e. The molecule has 1 N–H and O–H groups in total. The molecule has 112 valence electrons. The molecule has 2 atom stereocenters. The summed E-state index contributed by atoms with van der Waals surface area (Å²) in [5, 5.41) is 3.45. The number of carbonyl (C=O) groups is 1. The summed E-state index contributed by atoms with van der Waals surface area (Å²) in [4.78, 5) is 14.6. The van der Waals surface area contributed by atoms with Crippen molar-refractivity contribution in [2.45, 2.75) is 85.4 Å². The van der Waals surface area contributed by atoms with E-state index in [2.05, 4.69) is 39.9 Å². The molecule has 0 aromatic heterocycles. The number of hydrogen-bond donors (Lipinski definition) is 1. The normalized spacial score (nSPS) is 28.2. The second kappa shape index (κ2) is 6.25. The molecule has 3 heteroatoms. The van der Waals surface area contributed by atoms with Crippen molar-refractivity contribution >= 4 is 5.91 Å². The summed E-state index contributed by atoms with van der Waals surface area (Å²) in [6.07, 6.45) is 6.01. The molecular weight excluding hydrogens is 236 g/mol. The van der Waals surface area contributed by atoms with Crippen molar-refractivity contribution in [1.29, 1.82) is 0 Å². The number of nitrogens with zero attached hydrogens (tertiary/aromatic N) is 1. The minimum atomic E-state index is -0.362. The molecule has 0 spiro atoms. The Kier molecular flexibility index (Phi) is 5.43. The Balaban J connectivity index is 2.63. The molecule has 19 heavy (non-hydrogen) atoms. The van der Waals surface area contributed by atoms with Crippen LogP contribution in [0.25, 0.3) is 0 Å². The molecule has 1 saturated heterocycles. The van der Waals surface area contributed by atoms with E-state index >= 15 is 0 Å². The van der Waals surface area contributed by atoms with Crippen molar-refractivity contribution < 1.29 is 4.79 Å². The number of nitrogens with one attached hydrogen (secondary N) is 1. The summed E-state index contributed by atoms with van der Waals surface area (Å²) in [7, 11) is 0. The summed E-state index contributed by atoms with van der Waals surface area (Å²) in [6.45, 7) is 13.9. The van der Waals surface area contributed by atoms with Gasteiger partial charge in [-0.1, -0.05) is 47.0 Å². The molecule has 1 aliphatic rings. The van der Waals surface area contributed by atoms with Crippen molar-refractivity contribution in [2.24, 2.45) is 5.41 Å². The van der Waals surface area contributed by atoms with E-state index in [4.69, 9.17) is 0 Å². The van der Waals surface area contributed by atoms with Crippen LogP contribution in [0.5, 0.6) is 0 Å². The van der Waals surface area contributed by atoms with Gasteiger partial charge < -0.3 is 4.90 Å². The fourth-order valence-corrected chi connectivity index (χ4v) is 2.95. The van der Waals surface area contributed by atoms with Crippen LogP contribution in [0.2, 0.25) is 0 Å². The van der Waals surface area contributed by atoms with Gasteiger partial charge >= 0.3 is 0 Å². The molecule has 0 radical (unpaired) electrons. The molecule has 0 saturated carbocycles. The fraction of sp³-hybridized carbons (Fsp3) is 0.938. The van der Waals surface area contributed by atoms with Crippen LogP contribution in [0.15, 0.2) is 0 Å². The van der Waals surface area contributed by atoms with Crippen LogP contribution in [0.4, 0.5) is 0 Å². The third kappa shape index (κ3) is 3.95. The van der Waals surface area contributed by atoms with Gasteiger partial charge in [0.1, 0.15) is 0 Å². The summed E-state index contributed by atoms with van der Waals surface area (Å²) < 4.78 is 0. The molecule has 1 heterocycles. The van der Waals surface area contributed by atoms with E-state index in [-0.39, 0.29) is 23.0 Å². The van der Waals surface area contributed by atoms with Crippen LogP contribution in [-0.2, 0) is 4.79 Å². The highest BCUT2D eigenvalue weighted by Crippen LogP contribution is 2.30. The van der Waals surface area contributed by atoms with Crippen molar-refractivity contribution in [3.8, 4) is 0 Å². The van der Waals surface area contributed by atoms with Gasteiger partial charge in [-0.25, -0.2) is 0 Å². The van der Waals surface area contributed by atoms with Crippen LogP contribution in [0.1, 0.15) is 73.6 Å². The molecule has 3 nitrogen and oxygen atoms in total. The quantitative estimate of drug-likeness (QED) is 0.716. The highest BCUT2D eigenvalue weighted by Gasteiger charge is 2.46. The van der Waals surface area contributed by atoms with Crippen molar-refractivity contribution in [1.82, 2.24) is 10.2 Å². The zero-order valence-corrected chi connectivity index (χ0v) is 13.7. The number of hydrogen-bond acceptors (Lipinski definition) is 2. The second-order valence-electron chi connectivity index (χ2n) is 7.06. The number of rotatable bonds is 7. The molecule has 0 aromatic carbocycles. The maximum Gasteiger partial charge on any atom is 0.243 e. The van der Waals surface area contributed by atoms with Gasteiger partial charge in [-0.3, -0.25) is 10.1 Å². The SMILES string of the molecule is CCCCCC(C)(C)CN1C(=O)C(C)(CC)NC1C. The van der Waals surface area contributed by atoms with Crippen molar-refractivity contribution in [2.75, 3.05) is 6.54 Å². The van der Waals surface area contributed by atoms with Gasteiger partial charge in [0.05, 0.1) is 11.7 Å². The van der Waals surface area contributed by atoms with Gasteiger partial charge in [-0.2, -0.15) is 0 Å². The molecule has 1 rings (SSSR count). The predicted molar refractivity (Wildman–Crippen MR) is 80.9 cm³/mol. The predicted octanol–water partition coefficient (Wildman–Crippen LogP) is 3.54. The Morgan fingerprint density at radius 2 is 1.95 bits per heavy atom. The minimum absolute atomic E-state index is 0.155. The van der Waals surface area contributed by atoms with Gasteiger partial charge in [0.15, 0.2) is 0 Å². The molecule has 1 aliphatic heterocycles. The van der Waals surface area contributed by atoms with Crippen LogP contribution in [0, 0.1) is 5.41 Å². The monoisotopic (exact) mass is 268 g/mol. The van der Waals surface area contributed by atoms with E-state index in [9.17, 15) is 4.79 Å². The maximum absolute atomic E-state index is 12.5. The summed E-state index contributed by atoms with van der Waals surface area (Å²) >= 11 is 0. The first-order chi connectivity index (χ1) is 8.75. The second-order valence-corrected chi connectivity index (χ2v) is 7.06. The van der Waals surface area contributed by atoms with Gasteiger partial charge in [0, 0.05) is 6.54 Å². The Bertz CT molecular complexity index is 314. The lowest BCUT2D eigenvalue weighted by Crippen LogP contribution is -2.44. The first-order valence-corrected chi connectivity index (χ1v) is 7.84. The lowest BCUT2D eigenvalue weighted by atomic mass is 9.86. The van der Waals surface area contributed by atoms with Crippen LogP contribution < -0.4 is 5.32 Å². The highest BCUT2D eigenvalue weighted by molar-refractivity contribution is 5.88. The summed E-state index contributed by atoms with van der Waals surface area (Å²) in [5.74, 6) is 0.270. The highest BCUT2D eigenvalue weighted by atomic mass is 16.2. The van der Waals surface area contributed by atoms with E-state index in [1.165, 1.54) is 25.7 Å². The molecule has 0 bridgehead atoms. The van der Waals surface area contributed by atoms with Gasteiger partial charge in [-0.15, -0.1) is 0 Å². The molecule has 1 amide bonds. The van der Waals surface area contributed by atoms with E-state index in [0.29, 0.717) is 0 Å². The van der Waals surface area contributed by atoms with Gasteiger partial charge in [0.25, 0.3) is 0 Å². The number of unbranched alkanes of at least 4 members (excludes halogenated alkanes) is 2. The van der Waals surface area contributed by atoms with E-state index in [1.54, 1.807) is 0 Å². The average molecular weight is 268 g/mol. The fourth-order valence-electron chi connectivity index (χ4n) is 2.95. The van der Waals surface area contributed by atoms with E-state index < -0.39 is 0 Å². The molecule has 0 aliphatic carbocycles. The summed E-state index contributed by atoms with van der Waals surface area (Å²) in [5.41, 5.74) is -0.154. The third-order valence-corrected chi connectivity index (χ3v) is 4.49. The Hall–Kier alpha value is -0.570. The average Bonchev–Trinajstić information content (AvgIpc) is 2.54. The number of amides is 1. The molecule has 1 fully saturated rings. The Morgan fingerprint density at radius 1 is 1.32 bits per heavy atom. The van der Waals surface area contributed by atoms with E-state index in [0.717, 1.165) is 13.0 Å². The first-order valence-electron chi connectivity index (χ1n) is 7.84. The van der Waals surface area contributed by atoms with Crippen molar-refractivity contribution in [3.63, 3.8) is 0 Å². The van der Waals surface area contributed by atoms with Crippen molar-refractivity contribution in [3.05, 3.63) is 0 Å². The van der Waals surface area contributed by atoms with E-state index in [1.807, 2.05) is 11.8 Å². The zero-order valence-electron chi connectivity index (χ0n) is 13.7. The lowest BCUT2D eigenvalue weighted by Gasteiger charge is -2.32. The van der Waals surface area contributed by atoms with Crippen LogP contribution in [-0.4, -0.2) is 29.1 Å². The largest absolute Gasteiger partial charge is 0.325 e. The Morgan fingerprint density at radius 3 is 2.42 bits per heavy atom. The smallest absolute Gasteiger partial charge is 0.243 e. The summed E-state index contributed by atoms with van der Waals surface area (Å²) in [6, 6.07) is 0. The molecule has 0 aromatic rings. The third-order valence-electron chi connectivity index (χ3n) is 4.49. The molecular formula is C16H32N2O. The topological polar surface area (TPSA) is 32.3 Å². The van der Waals surface area contributed by atoms with Gasteiger partial charge in [-0.05, 0) is 32.1 Å². The molecule has 2 unspecified atom stereocenters. The van der Waals surface area contributed by atoms with Crippen LogP contribution >= 0.6 is 0 Å². The number of carbonyl (C=O) groups excluding carboxylic acids is 1. The lowest BCUT2D eigenvalue weighted by molar-refractivity contribution is -0.134. The van der Waals surface area contributed by atoms with Gasteiger partial charge in [0.2, 0.25) is 5.91 Å².